The molecule has 0 saturated heterocycles. The smallest absolute Gasteiger partial charge is 0.178 e. The number of Topliss-reactive ketones (excluding diaryl/α,β-unsaturated/α-hetero) is 1. The SMILES string of the molecule is C=Cc1c(N)nc(C2CC2)nc1C(C)=O. The number of hydrogen-bond donors (Lipinski definition) is 1. The zero-order valence-electron chi connectivity index (χ0n) is 8.66. The van der Waals surface area contributed by atoms with Crippen molar-refractivity contribution in [2.24, 2.45) is 0 Å². The van der Waals surface area contributed by atoms with Crippen molar-refractivity contribution >= 4 is 17.7 Å². The van der Waals surface area contributed by atoms with E-state index in [1.54, 1.807) is 0 Å². The fourth-order valence-electron chi connectivity index (χ4n) is 1.50. The summed E-state index contributed by atoms with van der Waals surface area (Å²) in [4.78, 5) is 19.8. The maximum atomic E-state index is 11.4. The van der Waals surface area contributed by atoms with Gasteiger partial charge in [-0.25, -0.2) is 9.97 Å². The van der Waals surface area contributed by atoms with Crippen molar-refractivity contribution in [1.29, 1.82) is 0 Å². The van der Waals surface area contributed by atoms with Crippen LogP contribution in [0.5, 0.6) is 0 Å². The molecule has 0 unspecified atom stereocenters. The number of nitrogens with two attached hydrogens (primary N) is 1. The van der Waals surface area contributed by atoms with Gasteiger partial charge in [-0.15, -0.1) is 0 Å². The lowest BCUT2D eigenvalue weighted by Crippen LogP contribution is -2.09. The second-order valence-electron chi connectivity index (χ2n) is 3.76. The first-order valence-electron chi connectivity index (χ1n) is 4.94. The van der Waals surface area contributed by atoms with Crippen LogP contribution in [0.3, 0.4) is 0 Å². The fraction of sp³-hybridized carbons (Fsp3) is 0.364. The summed E-state index contributed by atoms with van der Waals surface area (Å²) in [6.45, 7) is 5.09. The van der Waals surface area contributed by atoms with Gasteiger partial charge in [0.1, 0.15) is 17.3 Å². The quantitative estimate of drug-likeness (QED) is 0.760. The van der Waals surface area contributed by atoms with Gasteiger partial charge in [-0.3, -0.25) is 4.79 Å². The van der Waals surface area contributed by atoms with E-state index in [1.165, 1.54) is 13.0 Å². The Balaban J connectivity index is 2.56. The molecular formula is C11H13N3O. The molecule has 1 aromatic heterocycles. The Labute approximate surface area is 88.2 Å². The van der Waals surface area contributed by atoms with Crippen molar-refractivity contribution < 1.29 is 4.79 Å². The van der Waals surface area contributed by atoms with Gasteiger partial charge < -0.3 is 5.73 Å². The van der Waals surface area contributed by atoms with Gasteiger partial charge in [0.15, 0.2) is 5.78 Å². The third kappa shape index (κ3) is 1.75. The van der Waals surface area contributed by atoms with E-state index in [4.69, 9.17) is 5.73 Å². The van der Waals surface area contributed by atoms with Crippen LogP contribution in [0.15, 0.2) is 6.58 Å². The van der Waals surface area contributed by atoms with E-state index in [9.17, 15) is 4.79 Å². The number of hydrogen-bond acceptors (Lipinski definition) is 4. The highest BCUT2D eigenvalue weighted by Gasteiger charge is 2.28. The lowest BCUT2D eigenvalue weighted by Gasteiger charge is -2.07. The lowest BCUT2D eigenvalue weighted by atomic mass is 10.1. The predicted molar refractivity (Wildman–Crippen MR) is 58.5 cm³/mol. The third-order valence-corrected chi connectivity index (χ3v) is 2.47. The monoisotopic (exact) mass is 203 g/mol. The average Bonchev–Trinajstić information content (AvgIpc) is 2.99. The molecule has 0 aliphatic heterocycles. The normalized spacial score (nSPS) is 15.0. The number of rotatable bonds is 3. The topological polar surface area (TPSA) is 68.9 Å². The maximum absolute atomic E-state index is 11.4. The predicted octanol–water partition coefficient (Wildman–Crippen LogP) is 1.78. The average molecular weight is 203 g/mol. The zero-order valence-corrected chi connectivity index (χ0v) is 8.66. The van der Waals surface area contributed by atoms with Gasteiger partial charge in [0, 0.05) is 18.4 Å². The molecule has 4 nitrogen and oxygen atoms in total. The molecule has 0 bridgehead atoms. The Morgan fingerprint density at radius 2 is 2.20 bits per heavy atom. The van der Waals surface area contributed by atoms with Crippen LogP contribution in [-0.4, -0.2) is 15.8 Å². The molecule has 0 amide bonds. The Kier molecular flexibility index (Phi) is 2.26. The molecule has 4 heteroatoms. The van der Waals surface area contributed by atoms with Crippen LogP contribution in [0.25, 0.3) is 6.08 Å². The number of carbonyl (C=O) groups excluding carboxylic acids is 1. The fourth-order valence-corrected chi connectivity index (χ4v) is 1.50. The summed E-state index contributed by atoms with van der Waals surface area (Å²) in [6, 6.07) is 0. The highest BCUT2D eigenvalue weighted by atomic mass is 16.1. The number of anilines is 1. The summed E-state index contributed by atoms with van der Waals surface area (Å²) in [7, 11) is 0. The molecule has 0 aromatic carbocycles. The highest BCUT2D eigenvalue weighted by Crippen LogP contribution is 2.38. The van der Waals surface area contributed by atoms with E-state index >= 15 is 0 Å². The minimum absolute atomic E-state index is 0.0964. The number of ketones is 1. The lowest BCUT2D eigenvalue weighted by molar-refractivity contribution is 0.101. The van der Waals surface area contributed by atoms with Crippen LogP contribution >= 0.6 is 0 Å². The Morgan fingerprint density at radius 3 is 2.67 bits per heavy atom. The summed E-state index contributed by atoms with van der Waals surface area (Å²) in [5, 5.41) is 0. The van der Waals surface area contributed by atoms with Crippen molar-refractivity contribution in [3.63, 3.8) is 0 Å². The molecule has 1 aliphatic carbocycles. The molecule has 1 saturated carbocycles. The zero-order chi connectivity index (χ0) is 11.0. The minimum Gasteiger partial charge on any atom is -0.383 e. The molecule has 15 heavy (non-hydrogen) atoms. The molecule has 78 valence electrons. The van der Waals surface area contributed by atoms with Crippen LogP contribution in [0, 0.1) is 0 Å². The first-order chi connectivity index (χ1) is 7.13. The van der Waals surface area contributed by atoms with Gasteiger partial charge in [0.25, 0.3) is 0 Å². The van der Waals surface area contributed by atoms with E-state index in [0.717, 1.165) is 12.8 Å². The molecule has 2 N–H and O–H groups in total. The summed E-state index contributed by atoms with van der Waals surface area (Å²) in [6.07, 6.45) is 3.71. The van der Waals surface area contributed by atoms with Crippen LogP contribution < -0.4 is 5.73 Å². The van der Waals surface area contributed by atoms with E-state index in [-0.39, 0.29) is 5.78 Å². The van der Waals surface area contributed by atoms with E-state index < -0.39 is 0 Å². The first kappa shape index (κ1) is 9.83. The van der Waals surface area contributed by atoms with Crippen molar-refractivity contribution in [2.75, 3.05) is 5.73 Å². The van der Waals surface area contributed by atoms with Gasteiger partial charge in [-0.05, 0) is 12.8 Å². The van der Waals surface area contributed by atoms with Crippen molar-refractivity contribution in [3.8, 4) is 0 Å². The summed E-state index contributed by atoms with van der Waals surface area (Å²) >= 11 is 0. The summed E-state index contributed by atoms with van der Waals surface area (Å²) in [5.41, 5.74) is 6.70. The van der Waals surface area contributed by atoms with Crippen molar-refractivity contribution in [1.82, 2.24) is 9.97 Å². The van der Waals surface area contributed by atoms with Crippen LogP contribution in [0.1, 0.15) is 47.6 Å². The first-order valence-corrected chi connectivity index (χ1v) is 4.94. The standard InChI is InChI=1S/C11H13N3O/c1-3-8-9(6(2)15)13-11(7-4-5-7)14-10(8)12/h3,7H,1,4-5H2,2H3,(H2,12,13,14). The molecule has 0 spiro atoms. The van der Waals surface area contributed by atoms with Gasteiger partial charge >= 0.3 is 0 Å². The number of nitrogen functional groups attached to an aromatic ring is 1. The molecule has 1 fully saturated rings. The van der Waals surface area contributed by atoms with Crippen molar-refractivity contribution in [3.05, 3.63) is 23.7 Å². The minimum atomic E-state index is -0.0964. The number of aromatic nitrogens is 2. The molecule has 1 aromatic rings. The Morgan fingerprint density at radius 1 is 1.53 bits per heavy atom. The van der Waals surface area contributed by atoms with Gasteiger partial charge in [0.2, 0.25) is 0 Å². The Hall–Kier alpha value is -1.71. The molecule has 0 atom stereocenters. The molecule has 1 aliphatic rings. The Bertz CT molecular complexity index is 436. The summed E-state index contributed by atoms with van der Waals surface area (Å²) in [5.74, 6) is 1.35. The number of nitrogens with zero attached hydrogens (tertiary/aromatic N) is 2. The molecule has 1 heterocycles. The highest BCUT2D eigenvalue weighted by molar-refractivity contribution is 5.97. The van der Waals surface area contributed by atoms with Crippen LogP contribution in [0.2, 0.25) is 0 Å². The molecule has 2 rings (SSSR count). The van der Waals surface area contributed by atoms with Crippen LogP contribution in [0.4, 0.5) is 5.82 Å². The molecule has 0 radical (unpaired) electrons. The largest absolute Gasteiger partial charge is 0.383 e. The molecular weight excluding hydrogens is 190 g/mol. The summed E-state index contributed by atoms with van der Waals surface area (Å²) < 4.78 is 0. The van der Waals surface area contributed by atoms with Crippen molar-refractivity contribution in [2.45, 2.75) is 25.7 Å². The second-order valence-corrected chi connectivity index (χ2v) is 3.76. The second kappa shape index (κ2) is 3.46. The number of carbonyl (C=O) groups is 1. The maximum Gasteiger partial charge on any atom is 0.178 e. The van der Waals surface area contributed by atoms with Crippen LogP contribution in [-0.2, 0) is 0 Å². The van der Waals surface area contributed by atoms with E-state index in [2.05, 4.69) is 16.5 Å². The van der Waals surface area contributed by atoms with Gasteiger partial charge in [0.05, 0.1) is 0 Å². The van der Waals surface area contributed by atoms with Gasteiger partial charge in [-0.2, -0.15) is 0 Å². The van der Waals surface area contributed by atoms with E-state index in [1.807, 2.05) is 0 Å². The third-order valence-electron chi connectivity index (χ3n) is 2.47. The van der Waals surface area contributed by atoms with E-state index in [0.29, 0.717) is 28.8 Å². The van der Waals surface area contributed by atoms with Gasteiger partial charge in [-0.1, -0.05) is 12.7 Å².